The fraction of sp³-hybridized carbons (Fsp3) is 0.125. The summed E-state index contributed by atoms with van der Waals surface area (Å²) >= 11 is 0. The Bertz CT molecular complexity index is 279. The van der Waals surface area contributed by atoms with Gasteiger partial charge in [-0.3, -0.25) is 0 Å². The van der Waals surface area contributed by atoms with Crippen LogP contribution in [0.3, 0.4) is 0 Å². The molecule has 0 saturated carbocycles. The minimum Gasteiger partial charge on any atom is -0.478 e. The molecule has 0 aliphatic rings. The highest BCUT2D eigenvalue weighted by molar-refractivity contribution is 5.89. The van der Waals surface area contributed by atoms with Crippen molar-refractivity contribution in [3.8, 4) is 0 Å². The van der Waals surface area contributed by atoms with Crippen LogP contribution < -0.4 is 5.73 Å². The largest absolute Gasteiger partial charge is 0.478 e. The summed E-state index contributed by atoms with van der Waals surface area (Å²) < 4.78 is 0. The molecule has 1 aromatic rings. The first-order valence-corrected chi connectivity index (χ1v) is 3.27. The van der Waals surface area contributed by atoms with Crippen LogP contribution in [-0.2, 0) is 6.54 Å². The molecule has 74 valence electrons. The highest BCUT2D eigenvalue weighted by atomic mass is 35.5. The third kappa shape index (κ3) is 3.63. The van der Waals surface area contributed by atoms with E-state index < -0.39 is 5.97 Å². The summed E-state index contributed by atoms with van der Waals surface area (Å²) in [5.41, 5.74) is 6.28. The Morgan fingerprint density at radius 2 is 1.85 bits per heavy atom. The summed E-state index contributed by atoms with van der Waals surface area (Å²) in [7, 11) is 0. The minimum atomic E-state index is -0.925. The topological polar surface area (TPSA) is 63.3 Å². The van der Waals surface area contributed by atoms with Gasteiger partial charge in [0, 0.05) is 6.54 Å². The summed E-state index contributed by atoms with van der Waals surface area (Å²) in [6.07, 6.45) is 0. The van der Waals surface area contributed by atoms with Gasteiger partial charge in [-0.2, -0.15) is 0 Å². The van der Waals surface area contributed by atoms with E-state index in [4.69, 9.17) is 10.8 Å². The second-order valence-electron chi connectivity index (χ2n) is 2.17. The van der Waals surface area contributed by atoms with Crippen LogP contribution in [0.5, 0.6) is 0 Å². The Kier molecular flexibility index (Phi) is 7.61. The van der Waals surface area contributed by atoms with E-state index in [0.29, 0.717) is 5.56 Å². The van der Waals surface area contributed by atoms with Gasteiger partial charge in [0.15, 0.2) is 0 Å². The number of rotatable bonds is 2. The molecular formula is C8H11Cl2NO2. The van der Waals surface area contributed by atoms with E-state index in [9.17, 15) is 4.79 Å². The summed E-state index contributed by atoms with van der Waals surface area (Å²) in [4.78, 5) is 10.5. The molecule has 0 radical (unpaired) electrons. The number of hydrogen-bond acceptors (Lipinski definition) is 2. The molecule has 1 rings (SSSR count). The molecule has 13 heavy (non-hydrogen) atoms. The van der Waals surface area contributed by atoms with Crippen LogP contribution in [-0.4, -0.2) is 11.1 Å². The van der Waals surface area contributed by atoms with Crippen LogP contribution in [0.2, 0.25) is 0 Å². The maximum Gasteiger partial charge on any atom is 0.336 e. The first kappa shape index (κ1) is 14.7. The van der Waals surface area contributed by atoms with Crippen LogP contribution in [0, 0.1) is 0 Å². The lowest BCUT2D eigenvalue weighted by molar-refractivity contribution is 0.0695. The zero-order chi connectivity index (χ0) is 8.27. The number of halogens is 2. The van der Waals surface area contributed by atoms with Gasteiger partial charge in [-0.1, -0.05) is 18.2 Å². The summed E-state index contributed by atoms with van der Waals surface area (Å²) in [6.45, 7) is 0.266. The van der Waals surface area contributed by atoms with Crippen LogP contribution in [0.25, 0.3) is 0 Å². The van der Waals surface area contributed by atoms with E-state index in [0.717, 1.165) is 0 Å². The predicted octanol–water partition coefficient (Wildman–Crippen LogP) is 1.69. The van der Waals surface area contributed by atoms with Gasteiger partial charge in [-0.15, -0.1) is 24.8 Å². The van der Waals surface area contributed by atoms with Gasteiger partial charge < -0.3 is 10.8 Å². The van der Waals surface area contributed by atoms with Crippen LogP contribution in [0.4, 0.5) is 0 Å². The van der Waals surface area contributed by atoms with Gasteiger partial charge in [-0.05, 0) is 11.6 Å². The maximum absolute atomic E-state index is 10.5. The molecule has 0 aromatic heterocycles. The van der Waals surface area contributed by atoms with E-state index in [1.807, 2.05) is 0 Å². The van der Waals surface area contributed by atoms with Gasteiger partial charge in [0.25, 0.3) is 0 Å². The number of hydrogen-bond donors (Lipinski definition) is 2. The zero-order valence-electron chi connectivity index (χ0n) is 6.77. The van der Waals surface area contributed by atoms with Gasteiger partial charge in [-0.25, -0.2) is 4.79 Å². The molecule has 1 aromatic carbocycles. The molecule has 0 spiro atoms. The Morgan fingerprint density at radius 1 is 1.31 bits per heavy atom. The zero-order valence-corrected chi connectivity index (χ0v) is 8.40. The van der Waals surface area contributed by atoms with Crippen molar-refractivity contribution in [2.45, 2.75) is 6.54 Å². The molecule has 0 unspecified atom stereocenters. The van der Waals surface area contributed by atoms with E-state index in [-0.39, 0.29) is 36.9 Å². The van der Waals surface area contributed by atoms with Crippen LogP contribution in [0.1, 0.15) is 15.9 Å². The summed E-state index contributed by atoms with van der Waals surface area (Å²) in [5, 5.41) is 8.64. The number of aromatic carboxylic acids is 1. The number of benzene rings is 1. The molecule has 0 saturated heterocycles. The summed E-state index contributed by atoms with van der Waals surface area (Å²) in [5.74, 6) is -0.925. The number of nitrogens with two attached hydrogens (primary N) is 1. The molecule has 0 aliphatic carbocycles. The first-order valence-electron chi connectivity index (χ1n) is 3.27. The molecular weight excluding hydrogens is 213 g/mol. The molecule has 0 fully saturated rings. The Labute approximate surface area is 88.8 Å². The lowest BCUT2D eigenvalue weighted by Crippen LogP contribution is -2.05. The molecule has 0 amide bonds. The first-order chi connectivity index (χ1) is 5.25. The second kappa shape index (κ2) is 6.71. The molecule has 3 nitrogen and oxygen atoms in total. The smallest absolute Gasteiger partial charge is 0.336 e. The minimum absolute atomic E-state index is 0. The highest BCUT2D eigenvalue weighted by Crippen LogP contribution is 2.06. The highest BCUT2D eigenvalue weighted by Gasteiger charge is 2.05. The number of carboxylic acids is 1. The van der Waals surface area contributed by atoms with Crippen molar-refractivity contribution < 1.29 is 9.90 Å². The molecule has 0 heterocycles. The fourth-order valence-corrected chi connectivity index (χ4v) is 0.907. The van der Waals surface area contributed by atoms with Gasteiger partial charge in [0.05, 0.1) is 5.56 Å². The molecule has 0 aliphatic heterocycles. The van der Waals surface area contributed by atoms with Crippen molar-refractivity contribution in [3.05, 3.63) is 35.4 Å². The van der Waals surface area contributed by atoms with Crippen molar-refractivity contribution in [1.29, 1.82) is 0 Å². The standard InChI is InChI=1S/C8H9NO2.2ClH/c9-5-6-3-1-2-4-7(6)8(10)11;;/h1-4H,5,9H2,(H,10,11);2*1H. The predicted molar refractivity (Wildman–Crippen MR) is 55.8 cm³/mol. The number of carboxylic acid groups (broad SMARTS) is 1. The van der Waals surface area contributed by atoms with Crippen molar-refractivity contribution in [3.63, 3.8) is 0 Å². The van der Waals surface area contributed by atoms with Crippen molar-refractivity contribution >= 4 is 30.8 Å². The lowest BCUT2D eigenvalue weighted by atomic mass is 10.1. The molecule has 0 atom stereocenters. The SMILES string of the molecule is Cl.Cl.NCc1ccccc1C(=O)O. The van der Waals surface area contributed by atoms with E-state index in [1.165, 1.54) is 0 Å². The average molecular weight is 224 g/mol. The van der Waals surface area contributed by atoms with E-state index in [2.05, 4.69) is 0 Å². The average Bonchev–Trinajstić information content (AvgIpc) is 2.04. The monoisotopic (exact) mass is 223 g/mol. The Hall–Kier alpha value is -0.770. The fourth-order valence-electron chi connectivity index (χ4n) is 0.907. The Morgan fingerprint density at radius 3 is 2.23 bits per heavy atom. The van der Waals surface area contributed by atoms with Crippen molar-refractivity contribution in [2.75, 3.05) is 0 Å². The molecule has 0 bridgehead atoms. The third-order valence-corrected chi connectivity index (χ3v) is 1.47. The van der Waals surface area contributed by atoms with E-state index in [1.54, 1.807) is 24.3 Å². The van der Waals surface area contributed by atoms with E-state index >= 15 is 0 Å². The Balaban J connectivity index is 0. The van der Waals surface area contributed by atoms with Gasteiger partial charge in [0.2, 0.25) is 0 Å². The maximum atomic E-state index is 10.5. The second-order valence-corrected chi connectivity index (χ2v) is 2.17. The normalized spacial score (nSPS) is 8.08. The molecule has 3 N–H and O–H groups in total. The van der Waals surface area contributed by atoms with Crippen molar-refractivity contribution in [1.82, 2.24) is 0 Å². The third-order valence-electron chi connectivity index (χ3n) is 1.47. The molecule has 5 heteroatoms. The van der Waals surface area contributed by atoms with Gasteiger partial charge >= 0.3 is 5.97 Å². The summed E-state index contributed by atoms with van der Waals surface area (Å²) in [6, 6.07) is 6.71. The quantitative estimate of drug-likeness (QED) is 0.803. The lowest BCUT2D eigenvalue weighted by Gasteiger charge is -2.00. The number of carbonyl (C=O) groups is 1. The van der Waals surface area contributed by atoms with Crippen LogP contribution in [0.15, 0.2) is 24.3 Å². The van der Waals surface area contributed by atoms with Crippen molar-refractivity contribution in [2.24, 2.45) is 5.73 Å². The van der Waals surface area contributed by atoms with Gasteiger partial charge in [0.1, 0.15) is 0 Å². The van der Waals surface area contributed by atoms with Crippen LogP contribution >= 0.6 is 24.8 Å².